The fourth-order valence-electron chi connectivity index (χ4n) is 15.3. The van der Waals surface area contributed by atoms with Gasteiger partial charge in [0.05, 0.1) is 36.3 Å². The first-order chi connectivity index (χ1) is 42.5. The number of aromatic hydroxyl groups is 2. The molecule has 0 atom stereocenters. The van der Waals surface area contributed by atoms with Crippen molar-refractivity contribution in [2.75, 3.05) is 91.5 Å². The molecule has 3 spiro atoms. The fraction of sp³-hybridized carbons (Fsp3) is 0.528. The van der Waals surface area contributed by atoms with Crippen LogP contribution in [0.25, 0.3) is 11.1 Å². The van der Waals surface area contributed by atoms with E-state index in [1.807, 2.05) is 30.3 Å². The number of likely N-dealkylation sites (tertiary alicyclic amines) is 2. The number of hydrogen-bond donors (Lipinski definition) is 4. The number of phenols is 2. The van der Waals surface area contributed by atoms with Gasteiger partial charge in [0.2, 0.25) is 0 Å². The minimum Gasteiger partial charge on any atom is -0.508 e. The number of halogens is 2. The van der Waals surface area contributed by atoms with Crippen molar-refractivity contribution in [2.45, 2.75) is 116 Å². The Morgan fingerprint density at radius 2 is 1.11 bits per heavy atom. The molecule has 0 unspecified atom stereocenters. The minimum absolute atomic E-state index is 0.0388. The van der Waals surface area contributed by atoms with Crippen LogP contribution in [0.3, 0.4) is 0 Å². The van der Waals surface area contributed by atoms with Crippen molar-refractivity contribution >= 4 is 39.7 Å². The maximum Gasteiger partial charge on any atom is 0.313 e. The lowest BCUT2D eigenvalue weighted by Crippen LogP contribution is -2.58. The second kappa shape index (κ2) is 25.5. The van der Waals surface area contributed by atoms with E-state index in [9.17, 15) is 34.1 Å². The molecule has 11 aliphatic rings. The van der Waals surface area contributed by atoms with Crippen LogP contribution in [0.15, 0.2) is 108 Å². The number of alkyl halides is 1. The number of hydrogen-bond acceptors (Lipinski definition) is 13. The van der Waals surface area contributed by atoms with Crippen LogP contribution in [0.2, 0.25) is 0 Å². The molecule has 88 heavy (non-hydrogen) atoms. The van der Waals surface area contributed by atoms with E-state index in [1.165, 1.54) is 123 Å². The van der Waals surface area contributed by atoms with Crippen LogP contribution in [0.1, 0.15) is 110 Å². The van der Waals surface area contributed by atoms with Gasteiger partial charge in [0, 0.05) is 100.0 Å². The number of carbonyl (C=O) groups is 3. The summed E-state index contributed by atoms with van der Waals surface area (Å²) < 4.78 is 28.7. The zero-order valence-corrected chi connectivity index (χ0v) is 53.0. The average molecular weight is 1270 g/mol. The second-order valence-electron chi connectivity index (χ2n) is 28.0. The highest BCUT2D eigenvalue weighted by Gasteiger charge is 2.57. The number of rotatable bonds is 12. The molecule has 0 radical (unpaired) electrons. The summed E-state index contributed by atoms with van der Waals surface area (Å²) in [4.78, 5) is 46.0. The number of nitrogens with zero attached hydrogens (tertiary/aromatic N) is 4. The van der Waals surface area contributed by atoms with Gasteiger partial charge in [-0.25, -0.2) is 4.39 Å². The number of aliphatic carboxylic acids is 1. The number of nitrogens with one attached hydrogen (secondary N) is 1. The molecule has 5 heterocycles. The first-order valence-corrected chi connectivity index (χ1v) is 33.2. The van der Waals surface area contributed by atoms with Crippen LogP contribution in [-0.2, 0) is 69.0 Å². The molecular weight excluding hydrogens is 1180 g/mol. The predicted octanol–water partition coefficient (Wildman–Crippen LogP) is 11.2. The smallest absolute Gasteiger partial charge is 0.313 e. The van der Waals surface area contributed by atoms with Crippen molar-refractivity contribution in [3.05, 3.63) is 148 Å². The molecule has 16 heteroatoms. The number of carboxylic acid groups (broad SMARTS) is 1. The van der Waals surface area contributed by atoms with Gasteiger partial charge in [-0.1, -0.05) is 76.9 Å². The summed E-state index contributed by atoms with van der Waals surface area (Å²) in [6.45, 7) is 11.9. The zero-order valence-electron chi connectivity index (χ0n) is 51.4. The number of amidine groups is 1. The zero-order chi connectivity index (χ0) is 61.3. The summed E-state index contributed by atoms with van der Waals surface area (Å²) in [6.07, 6.45) is 18.8. The lowest BCUT2D eigenvalue weighted by molar-refractivity contribution is -0.149. The third-order valence-electron chi connectivity index (χ3n) is 20.8. The third-order valence-corrected chi connectivity index (χ3v) is 21.9. The molecule has 14 nitrogen and oxygen atoms in total. The highest BCUT2D eigenvalue weighted by Crippen LogP contribution is 2.53. The molecular formula is C72H87BrFN5O9. The SMILES string of the molecule is C1CCC2=NCCCN2CC1.COC(=O)C1(CBr)CC1.COC(=O)C1(CN2CC3(Cc4ccc(O)cc4C3)C2)CC1.O=C(O)C1(CN2CC3(Cc4ccc(-c5ccc(OCc6cccc(F)c6)cc5)cc4C3)C2)CC1.Oc1ccc2c(c1)CC1(CNC1)C2. The predicted molar refractivity (Wildman–Crippen MR) is 342 cm³/mol. The molecule has 6 aliphatic carbocycles. The van der Waals surface area contributed by atoms with E-state index in [0.717, 1.165) is 145 Å². The Bertz CT molecular complexity index is 3400. The molecule has 0 amide bonds. The summed E-state index contributed by atoms with van der Waals surface area (Å²) in [6, 6.07) is 32.8. The van der Waals surface area contributed by atoms with Gasteiger partial charge in [-0.2, -0.15) is 0 Å². The van der Waals surface area contributed by atoms with E-state index < -0.39 is 11.4 Å². The van der Waals surface area contributed by atoms with Gasteiger partial charge in [0.15, 0.2) is 0 Å². The van der Waals surface area contributed by atoms with Crippen LogP contribution < -0.4 is 10.1 Å². The van der Waals surface area contributed by atoms with Gasteiger partial charge >= 0.3 is 17.9 Å². The van der Waals surface area contributed by atoms with E-state index in [0.29, 0.717) is 35.5 Å². The van der Waals surface area contributed by atoms with Gasteiger partial charge in [-0.05, 0) is 195 Å². The largest absolute Gasteiger partial charge is 0.508 e. The van der Waals surface area contributed by atoms with Crippen molar-refractivity contribution < 1.29 is 48.3 Å². The van der Waals surface area contributed by atoms with Crippen LogP contribution in [0, 0.1) is 38.3 Å². The van der Waals surface area contributed by atoms with Gasteiger partial charge in [-0.3, -0.25) is 19.4 Å². The molecule has 3 saturated carbocycles. The summed E-state index contributed by atoms with van der Waals surface area (Å²) in [7, 11) is 2.92. The Labute approximate surface area is 526 Å². The van der Waals surface area contributed by atoms with Gasteiger partial charge in [-0.15, -0.1) is 0 Å². The van der Waals surface area contributed by atoms with Crippen molar-refractivity contribution in [3.63, 3.8) is 0 Å². The molecule has 16 rings (SSSR count). The molecule has 5 aromatic carbocycles. The highest BCUT2D eigenvalue weighted by molar-refractivity contribution is 9.09. The average Bonchev–Trinajstić information content (AvgIpc) is 1.64. The number of fused-ring (bicyclic) bond motifs is 4. The van der Waals surface area contributed by atoms with E-state index in [1.54, 1.807) is 18.2 Å². The Morgan fingerprint density at radius 1 is 0.591 bits per heavy atom. The Balaban J connectivity index is 0.000000118. The van der Waals surface area contributed by atoms with Crippen molar-refractivity contribution in [1.82, 2.24) is 20.0 Å². The Hall–Kier alpha value is -6.33. The molecule has 4 N–H and O–H groups in total. The topological polar surface area (TPSA) is 174 Å². The molecule has 468 valence electrons. The number of carbonyl (C=O) groups excluding carboxylic acids is 2. The molecule has 5 aliphatic heterocycles. The number of ether oxygens (including phenoxy) is 3. The Morgan fingerprint density at radius 3 is 1.65 bits per heavy atom. The third kappa shape index (κ3) is 13.9. The Kier molecular flexibility index (Phi) is 17.9. The van der Waals surface area contributed by atoms with Crippen LogP contribution >= 0.6 is 15.9 Å². The van der Waals surface area contributed by atoms with Crippen LogP contribution in [0.4, 0.5) is 4.39 Å². The summed E-state index contributed by atoms with van der Waals surface area (Å²) in [5.41, 5.74) is 11.7. The van der Waals surface area contributed by atoms with Crippen molar-refractivity contribution in [2.24, 2.45) is 37.5 Å². The fourth-order valence-corrected chi connectivity index (χ4v) is 16.1. The summed E-state index contributed by atoms with van der Waals surface area (Å²) >= 11 is 3.27. The minimum atomic E-state index is -0.627. The van der Waals surface area contributed by atoms with Gasteiger partial charge in [0.25, 0.3) is 0 Å². The molecule has 7 fully saturated rings. The van der Waals surface area contributed by atoms with E-state index in [2.05, 4.69) is 88.1 Å². The van der Waals surface area contributed by atoms with Gasteiger partial charge in [0.1, 0.15) is 29.7 Å². The van der Waals surface area contributed by atoms with Crippen molar-refractivity contribution in [3.8, 4) is 28.4 Å². The number of phenolic OH excluding ortho intramolecular Hbond substituents is 2. The normalized spacial score (nSPS) is 22.0. The summed E-state index contributed by atoms with van der Waals surface area (Å²) in [5, 5.41) is 32.5. The summed E-state index contributed by atoms with van der Waals surface area (Å²) in [5.74, 6) is 1.94. The standard InChI is InChI=1S/C29H28FNO3.C17H21NO3.C11H13NO.C9H16N2.C6H9BrO2/c30-25-3-1-2-20(12-25)16-34-26-8-6-21(7-9-26)22-4-5-23-14-28(15-24(23)13-22)17-31(18-28)19-29(10-11-29)27(32)33;1-21-15(20)17(4-5-17)11-18-9-16(10-18)7-12-2-3-14(19)6-13(12)8-16;13-10-2-1-8-4-11(6-12-7-11)5-9(8)3-10;1-2-5-9-10-6-4-8-11(9)7-3-1;1-9-5(8)6(4-7)2-3-6/h1-9,12-13H,10-11,14-19H2,(H,32,33);2-3,6,19H,4-5,7-11H2,1H3;1-3,12-13H,4-7H2;1-8H2;2-4H2,1H3. The monoisotopic (exact) mass is 1260 g/mol. The molecule has 5 aromatic rings. The van der Waals surface area contributed by atoms with Crippen molar-refractivity contribution in [1.29, 1.82) is 0 Å². The van der Waals surface area contributed by atoms with E-state index in [4.69, 9.17) is 9.47 Å². The lowest BCUT2D eigenvalue weighted by atomic mass is 9.76. The number of esters is 2. The van der Waals surface area contributed by atoms with E-state index >= 15 is 0 Å². The highest BCUT2D eigenvalue weighted by atomic mass is 79.9. The molecule has 4 saturated heterocycles. The number of aliphatic imine (C=N–C) groups is 1. The van der Waals surface area contributed by atoms with Crippen LogP contribution in [0.5, 0.6) is 17.2 Å². The molecule has 0 aromatic heterocycles. The maximum atomic E-state index is 13.3. The quantitative estimate of drug-likeness (QED) is 0.0687. The number of benzene rings is 5. The maximum absolute atomic E-state index is 13.3. The number of carboxylic acids is 1. The molecule has 0 bridgehead atoms. The number of methoxy groups -OCH3 is 2. The first-order valence-electron chi connectivity index (χ1n) is 32.1. The second-order valence-corrected chi connectivity index (χ2v) is 28.6. The van der Waals surface area contributed by atoms with E-state index in [-0.39, 0.29) is 34.0 Å². The van der Waals surface area contributed by atoms with Gasteiger partial charge < -0.3 is 49.5 Å². The first kappa shape index (κ1) is 61.9. The lowest BCUT2D eigenvalue weighted by Gasteiger charge is -2.49. The van der Waals surface area contributed by atoms with Crippen LogP contribution in [-0.4, -0.2) is 145 Å².